The van der Waals surface area contributed by atoms with Crippen LogP contribution in [-0.4, -0.2) is 25.2 Å². The molecule has 1 saturated carbocycles. The number of thiophene rings is 1. The van der Waals surface area contributed by atoms with Gasteiger partial charge >= 0.3 is 0 Å². The molecule has 0 unspecified atom stereocenters. The number of rotatable bonds is 7. The van der Waals surface area contributed by atoms with Gasteiger partial charge in [0.1, 0.15) is 11.5 Å². The molecule has 1 heterocycles. The van der Waals surface area contributed by atoms with Crippen molar-refractivity contribution in [3.05, 3.63) is 44.6 Å². The van der Waals surface area contributed by atoms with Crippen LogP contribution in [0.5, 0.6) is 11.5 Å². The van der Waals surface area contributed by atoms with Crippen molar-refractivity contribution in [2.45, 2.75) is 32.0 Å². The third-order valence-corrected chi connectivity index (χ3v) is 5.87. The van der Waals surface area contributed by atoms with Gasteiger partial charge in [-0.3, -0.25) is 4.90 Å². The summed E-state index contributed by atoms with van der Waals surface area (Å²) in [4.78, 5) is 3.92. The molecule has 22 heavy (non-hydrogen) atoms. The molecule has 0 amide bonds. The predicted molar refractivity (Wildman–Crippen MR) is 93.8 cm³/mol. The van der Waals surface area contributed by atoms with Crippen LogP contribution in [0.4, 0.5) is 0 Å². The first kappa shape index (κ1) is 15.8. The SMILES string of the molecule is COc1ccc(OC)c(CN(Cc2sccc2Br)C2CC2)c1. The van der Waals surface area contributed by atoms with Crippen LogP contribution in [0.1, 0.15) is 23.3 Å². The minimum Gasteiger partial charge on any atom is -0.497 e. The maximum Gasteiger partial charge on any atom is 0.123 e. The number of hydrogen-bond acceptors (Lipinski definition) is 4. The third kappa shape index (κ3) is 3.65. The third-order valence-electron chi connectivity index (χ3n) is 3.96. The lowest BCUT2D eigenvalue weighted by atomic mass is 10.1. The van der Waals surface area contributed by atoms with Crippen molar-refractivity contribution in [3.8, 4) is 11.5 Å². The van der Waals surface area contributed by atoms with Gasteiger partial charge < -0.3 is 9.47 Å². The Morgan fingerprint density at radius 3 is 2.59 bits per heavy atom. The van der Waals surface area contributed by atoms with Crippen LogP contribution >= 0.6 is 27.3 Å². The van der Waals surface area contributed by atoms with E-state index in [0.29, 0.717) is 6.04 Å². The Bertz CT molecular complexity index is 639. The molecule has 1 aromatic heterocycles. The molecule has 2 aromatic rings. The van der Waals surface area contributed by atoms with E-state index in [9.17, 15) is 0 Å². The van der Waals surface area contributed by atoms with Gasteiger partial charge in [-0.2, -0.15) is 0 Å². The summed E-state index contributed by atoms with van der Waals surface area (Å²) in [6.07, 6.45) is 2.57. The van der Waals surface area contributed by atoms with Gasteiger partial charge in [0.15, 0.2) is 0 Å². The van der Waals surface area contributed by atoms with E-state index in [2.05, 4.69) is 38.3 Å². The monoisotopic (exact) mass is 381 g/mol. The molecular formula is C17H20BrNO2S. The molecule has 5 heteroatoms. The quantitative estimate of drug-likeness (QED) is 0.693. The first-order chi connectivity index (χ1) is 10.7. The summed E-state index contributed by atoms with van der Waals surface area (Å²) < 4.78 is 12.1. The van der Waals surface area contributed by atoms with Crippen molar-refractivity contribution >= 4 is 27.3 Å². The molecule has 1 aromatic carbocycles. The van der Waals surface area contributed by atoms with Crippen LogP contribution in [0.3, 0.4) is 0 Å². The van der Waals surface area contributed by atoms with Crippen molar-refractivity contribution in [3.63, 3.8) is 0 Å². The topological polar surface area (TPSA) is 21.7 Å². The highest BCUT2D eigenvalue weighted by atomic mass is 79.9. The summed E-state index contributed by atoms with van der Waals surface area (Å²) in [5, 5.41) is 2.14. The van der Waals surface area contributed by atoms with Gasteiger partial charge in [-0.05, 0) is 58.4 Å². The van der Waals surface area contributed by atoms with E-state index in [4.69, 9.17) is 9.47 Å². The minimum atomic E-state index is 0.685. The molecule has 0 radical (unpaired) electrons. The smallest absolute Gasteiger partial charge is 0.123 e. The molecule has 1 fully saturated rings. The van der Waals surface area contributed by atoms with Crippen molar-refractivity contribution in [1.82, 2.24) is 4.90 Å². The highest BCUT2D eigenvalue weighted by Crippen LogP contribution is 2.35. The number of benzene rings is 1. The second kappa shape index (κ2) is 7.02. The van der Waals surface area contributed by atoms with Gasteiger partial charge in [0.2, 0.25) is 0 Å². The lowest BCUT2D eigenvalue weighted by Gasteiger charge is -2.23. The van der Waals surface area contributed by atoms with E-state index < -0.39 is 0 Å². The maximum atomic E-state index is 5.52. The largest absolute Gasteiger partial charge is 0.497 e. The Balaban J connectivity index is 1.80. The first-order valence-electron chi connectivity index (χ1n) is 7.38. The van der Waals surface area contributed by atoms with E-state index in [-0.39, 0.29) is 0 Å². The molecule has 0 N–H and O–H groups in total. The van der Waals surface area contributed by atoms with Crippen LogP contribution in [0.2, 0.25) is 0 Å². The summed E-state index contributed by atoms with van der Waals surface area (Å²) >= 11 is 5.45. The van der Waals surface area contributed by atoms with Crippen LogP contribution in [0.15, 0.2) is 34.1 Å². The highest BCUT2D eigenvalue weighted by Gasteiger charge is 2.30. The summed E-state index contributed by atoms with van der Waals surface area (Å²) in [6, 6.07) is 8.82. The fraction of sp³-hybridized carbons (Fsp3) is 0.412. The van der Waals surface area contributed by atoms with Gasteiger partial charge in [0.25, 0.3) is 0 Å². The second-order valence-electron chi connectivity index (χ2n) is 5.51. The fourth-order valence-corrected chi connectivity index (χ4v) is 4.10. The van der Waals surface area contributed by atoms with Gasteiger partial charge in [-0.1, -0.05) is 0 Å². The molecule has 3 rings (SSSR count). The zero-order valence-electron chi connectivity index (χ0n) is 12.8. The van der Waals surface area contributed by atoms with Crippen molar-refractivity contribution in [1.29, 1.82) is 0 Å². The Labute approximate surface area is 144 Å². The minimum absolute atomic E-state index is 0.685. The van der Waals surface area contributed by atoms with Gasteiger partial charge in [0.05, 0.1) is 14.2 Å². The van der Waals surface area contributed by atoms with Crippen LogP contribution in [-0.2, 0) is 13.1 Å². The fourth-order valence-electron chi connectivity index (χ4n) is 2.60. The average molecular weight is 382 g/mol. The molecule has 0 aliphatic heterocycles. The van der Waals surface area contributed by atoms with Gasteiger partial charge in [-0.25, -0.2) is 0 Å². The van der Waals surface area contributed by atoms with E-state index in [1.54, 1.807) is 25.6 Å². The van der Waals surface area contributed by atoms with Crippen LogP contribution in [0, 0.1) is 0 Å². The standard InChI is InChI=1S/C17H20BrNO2S/c1-20-14-5-6-16(21-2)12(9-14)10-19(13-3-4-13)11-17-15(18)7-8-22-17/h5-9,13H,3-4,10-11H2,1-2H3. The van der Waals surface area contributed by atoms with Crippen molar-refractivity contribution in [2.75, 3.05) is 14.2 Å². The molecular weight excluding hydrogens is 362 g/mol. The highest BCUT2D eigenvalue weighted by molar-refractivity contribution is 9.10. The summed E-state index contributed by atoms with van der Waals surface area (Å²) in [5.74, 6) is 1.81. The molecule has 1 aliphatic rings. The van der Waals surface area contributed by atoms with Crippen LogP contribution < -0.4 is 9.47 Å². The number of nitrogens with zero attached hydrogens (tertiary/aromatic N) is 1. The Kier molecular flexibility index (Phi) is 5.06. The molecule has 1 aliphatic carbocycles. The Morgan fingerprint density at radius 1 is 1.18 bits per heavy atom. The average Bonchev–Trinajstić information content (AvgIpc) is 3.31. The maximum absolute atomic E-state index is 5.52. The van der Waals surface area contributed by atoms with E-state index in [1.807, 2.05) is 12.1 Å². The lowest BCUT2D eigenvalue weighted by molar-refractivity contribution is 0.243. The molecule has 0 saturated heterocycles. The number of hydrogen-bond donors (Lipinski definition) is 0. The van der Waals surface area contributed by atoms with Crippen molar-refractivity contribution < 1.29 is 9.47 Å². The van der Waals surface area contributed by atoms with E-state index in [1.165, 1.54) is 27.8 Å². The van der Waals surface area contributed by atoms with Crippen LogP contribution in [0.25, 0.3) is 0 Å². The summed E-state index contributed by atoms with van der Waals surface area (Å²) in [7, 11) is 3.43. The lowest BCUT2D eigenvalue weighted by Crippen LogP contribution is -2.25. The molecule has 0 bridgehead atoms. The number of ether oxygens (including phenoxy) is 2. The Morgan fingerprint density at radius 2 is 2.00 bits per heavy atom. The Hall–Kier alpha value is -1.04. The summed E-state index contributed by atoms with van der Waals surface area (Å²) in [5.41, 5.74) is 1.18. The van der Waals surface area contributed by atoms with Gasteiger partial charge in [-0.15, -0.1) is 11.3 Å². The molecule has 0 spiro atoms. The zero-order chi connectivity index (χ0) is 15.5. The van der Waals surface area contributed by atoms with Crippen molar-refractivity contribution in [2.24, 2.45) is 0 Å². The molecule has 3 nitrogen and oxygen atoms in total. The van der Waals surface area contributed by atoms with Gasteiger partial charge in [0, 0.05) is 34.0 Å². The summed E-state index contributed by atoms with van der Waals surface area (Å²) in [6.45, 7) is 1.86. The first-order valence-corrected chi connectivity index (χ1v) is 9.05. The predicted octanol–water partition coefficient (Wildman–Crippen LogP) is 4.69. The zero-order valence-corrected chi connectivity index (χ0v) is 15.2. The van der Waals surface area contributed by atoms with E-state index >= 15 is 0 Å². The molecule has 0 atom stereocenters. The number of methoxy groups -OCH3 is 2. The normalized spacial score (nSPS) is 14.4. The second-order valence-corrected chi connectivity index (χ2v) is 7.36. The number of halogens is 1. The molecule has 118 valence electrons. The van der Waals surface area contributed by atoms with E-state index in [0.717, 1.165) is 24.6 Å².